The Morgan fingerprint density at radius 2 is 1.42 bits per heavy atom. The van der Waals surface area contributed by atoms with Gasteiger partial charge in [-0.25, -0.2) is 0 Å². The van der Waals surface area contributed by atoms with E-state index < -0.39 is 0 Å². The number of pyridine rings is 1. The van der Waals surface area contributed by atoms with Crippen LogP contribution in [0.5, 0.6) is 0 Å². The molecule has 144 valence electrons. The summed E-state index contributed by atoms with van der Waals surface area (Å²) in [7, 11) is 1.84. The highest BCUT2D eigenvalue weighted by molar-refractivity contribution is 6.05. The summed E-state index contributed by atoms with van der Waals surface area (Å²) in [5.41, 5.74) is 8.09. The molecule has 0 unspecified atom stereocenters. The lowest BCUT2D eigenvalue weighted by Gasteiger charge is -2.22. The first-order valence-corrected chi connectivity index (χ1v) is 9.77. The summed E-state index contributed by atoms with van der Waals surface area (Å²) in [5, 5.41) is 0. The van der Waals surface area contributed by atoms with Gasteiger partial charge < -0.3 is 0 Å². The van der Waals surface area contributed by atoms with Crippen LogP contribution < -0.4 is 0 Å². The predicted molar refractivity (Wildman–Crippen MR) is 119 cm³/mol. The number of nitrogens with zero attached hydrogens (tertiary/aromatic N) is 2. The topological polar surface area (TPSA) is 25.2 Å². The Labute approximate surface area is 161 Å². The Morgan fingerprint density at radius 1 is 0.923 bits per heavy atom. The fraction of sp³-hybridized carbons (Fsp3) is 0.500. The van der Waals surface area contributed by atoms with Gasteiger partial charge in [-0.2, -0.15) is 0 Å². The van der Waals surface area contributed by atoms with Crippen LogP contribution in [-0.2, 0) is 5.41 Å². The van der Waals surface area contributed by atoms with E-state index in [-0.39, 0.29) is 5.41 Å². The standard InChI is InChI=1S/C20H26N2.2C2H6/c1-13-8-10-16(11-9-13)17-12-18(20(4,5)6)22-15(3)19(17)14(2)21-7;2*1-2/h8-12H,1-7H3;2*1-2H3. The minimum atomic E-state index is 0.0278. The van der Waals surface area contributed by atoms with E-state index >= 15 is 0 Å². The fourth-order valence-corrected chi connectivity index (χ4v) is 2.59. The van der Waals surface area contributed by atoms with Crippen LogP contribution in [-0.4, -0.2) is 17.7 Å². The van der Waals surface area contributed by atoms with Gasteiger partial charge in [-0.1, -0.05) is 78.3 Å². The van der Waals surface area contributed by atoms with Gasteiger partial charge in [0, 0.05) is 35.1 Å². The van der Waals surface area contributed by atoms with Crippen molar-refractivity contribution in [2.75, 3.05) is 7.05 Å². The van der Waals surface area contributed by atoms with Crippen molar-refractivity contribution in [3.05, 3.63) is 52.8 Å². The third-order valence-electron chi connectivity index (χ3n) is 4.03. The number of rotatable bonds is 2. The maximum absolute atomic E-state index is 4.84. The molecule has 0 radical (unpaired) electrons. The molecule has 1 aromatic heterocycles. The molecule has 0 amide bonds. The Bertz CT molecular complexity index is 702. The van der Waals surface area contributed by atoms with Crippen molar-refractivity contribution in [3.63, 3.8) is 0 Å². The molecule has 0 fully saturated rings. The Balaban J connectivity index is 0.00000146. The van der Waals surface area contributed by atoms with Crippen molar-refractivity contribution in [1.82, 2.24) is 4.98 Å². The van der Waals surface area contributed by atoms with E-state index in [1.807, 2.05) is 34.7 Å². The maximum atomic E-state index is 4.84. The van der Waals surface area contributed by atoms with Gasteiger partial charge in [0.05, 0.1) is 0 Å². The van der Waals surface area contributed by atoms with E-state index in [4.69, 9.17) is 4.98 Å². The second-order valence-electron chi connectivity index (χ2n) is 6.94. The van der Waals surface area contributed by atoms with Crippen LogP contribution in [0.4, 0.5) is 0 Å². The smallest absolute Gasteiger partial charge is 0.0472 e. The molecule has 0 aliphatic carbocycles. The van der Waals surface area contributed by atoms with Crippen molar-refractivity contribution in [1.29, 1.82) is 0 Å². The SMILES string of the molecule is CC.CC.CN=C(C)c1c(-c2ccc(C)cc2)cc(C(C)(C)C)nc1C. The molecule has 2 heteroatoms. The summed E-state index contributed by atoms with van der Waals surface area (Å²) in [6.07, 6.45) is 0. The van der Waals surface area contributed by atoms with Crippen LogP contribution in [0.25, 0.3) is 11.1 Å². The van der Waals surface area contributed by atoms with Crippen molar-refractivity contribution >= 4 is 5.71 Å². The van der Waals surface area contributed by atoms with Crippen molar-refractivity contribution in [2.24, 2.45) is 4.99 Å². The van der Waals surface area contributed by atoms with Crippen LogP contribution in [0, 0.1) is 13.8 Å². The summed E-state index contributed by atoms with van der Waals surface area (Å²) in [5.74, 6) is 0. The molecular formula is C24H38N2. The molecule has 1 aromatic carbocycles. The average Bonchev–Trinajstić information content (AvgIpc) is 2.63. The van der Waals surface area contributed by atoms with Crippen molar-refractivity contribution in [2.45, 2.75) is 74.7 Å². The van der Waals surface area contributed by atoms with Gasteiger partial charge in [-0.15, -0.1) is 0 Å². The number of benzene rings is 1. The first kappa shape index (κ1) is 24.0. The zero-order chi connectivity index (χ0) is 20.5. The predicted octanol–water partition coefficient (Wildman–Crippen LogP) is 7.15. The highest BCUT2D eigenvalue weighted by Crippen LogP contribution is 2.31. The summed E-state index contributed by atoms with van der Waals surface area (Å²) in [6.45, 7) is 20.9. The van der Waals surface area contributed by atoms with E-state index in [0.29, 0.717) is 0 Å². The van der Waals surface area contributed by atoms with E-state index in [2.05, 4.69) is 76.9 Å². The summed E-state index contributed by atoms with van der Waals surface area (Å²) >= 11 is 0. The molecule has 0 bridgehead atoms. The second kappa shape index (κ2) is 10.9. The first-order chi connectivity index (χ1) is 12.2. The first-order valence-electron chi connectivity index (χ1n) is 9.77. The fourth-order valence-electron chi connectivity index (χ4n) is 2.59. The van der Waals surface area contributed by atoms with Crippen molar-refractivity contribution in [3.8, 4) is 11.1 Å². The molecule has 0 aliphatic rings. The maximum Gasteiger partial charge on any atom is 0.0472 e. The molecule has 0 atom stereocenters. The molecule has 0 saturated heterocycles. The molecule has 26 heavy (non-hydrogen) atoms. The van der Waals surface area contributed by atoms with Gasteiger partial charge in [0.2, 0.25) is 0 Å². The molecule has 1 heterocycles. The van der Waals surface area contributed by atoms with Gasteiger partial charge >= 0.3 is 0 Å². The van der Waals surface area contributed by atoms with E-state index in [9.17, 15) is 0 Å². The van der Waals surface area contributed by atoms with Crippen LogP contribution >= 0.6 is 0 Å². The van der Waals surface area contributed by atoms with Gasteiger partial charge in [-0.05, 0) is 38.0 Å². The molecule has 0 N–H and O–H groups in total. The summed E-state index contributed by atoms with van der Waals surface area (Å²) in [4.78, 5) is 9.23. The largest absolute Gasteiger partial charge is 0.293 e. The molecule has 2 rings (SSSR count). The minimum absolute atomic E-state index is 0.0278. The third-order valence-corrected chi connectivity index (χ3v) is 4.03. The van der Waals surface area contributed by atoms with Crippen LogP contribution in [0.15, 0.2) is 35.3 Å². The lowest BCUT2D eigenvalue weighted by Crippen LogP contribution is -2.16. The van der Waals surface area contributed by atoms with Crippen LogP contribution in [0.2, 0.25) is 0 Å². The van der Waals surface area contributed by atoms with Gasteiger partial charge in [-0.3, -0.25) is 9.98 Å². The lowest BCUT2D eigenvalue weighted by atomic mass is 9.87. The van der Waals surface area contributed by atoms with Gasteiger partial charge in [0.25, 0.3) is 0 Å². The number of hydrogen-bond acceptors (Lipinski definition) is 2. The number of hydrogen-bond donors (Lipinski definition) is 0. The zero-order valence-electron chi connectivity index (χ0n) is 18.8. The summed E-state index contributed by atoms with van der Waals surface area (Å²) in [6, 6.07) is 10.9. The van der Waals surface area contributed by atoms with E-state index in [1.165, 1.54) is 16.7 Å². The Kier molecular flexibility index (Phi) is 10.1. The third kappa shape index (κ3) is 6.09. The zero-order valence-corrected chi connectivity index (χ0v) is 18.8. The Morgan fingerprint density at radius 3 is 1.85 bits per heavy atom. The van der Waals surface area contributed by atoms with E-state index in [1.54, 1.807) is 0 Å². The quantitative estimate of drug-likeness (QED) is 0.525. The second-order valence-corrected chi connectivity index (χ2v) is 6.94. The number of aromatic nitrogens is 1. The Hall–Kier alpha value is -1.96. The number of aliphatic imine (C=N–C) groups is 1. The molecule has 2 aromatic rings. The van der Waals surface area contributed by atoms with Gasteiger partial charge in [0.15, 0.2) is 0 Å². The molecular weight excluding hydrogens is 316 g/mol. The van der Waals surface area contributed by atoms with Gasteiger partial charge in [0.1, 0.15) is 0 Å². The number of aryl methyl sites for hydroxylation is 2. The van der Waals surface area contributed by atoms with E-state index in [0.717, 1.165) is 22.7 Å². The molecule has 0 spiro atoms. The monoisotopic (exact) mass is 354 g/mol. The van der Waals surface area contributed by atoms with Crippen molar-refractivity contribution < 1.29 is 0 Å². The van der Waals surface area contributed by atoms with Crippen LogP contribution in [0.1, 0.15) is 77.9 Å². The summed E-state index contributed by atoms with van der Waals surface area (Å²) < 4.78 is 0. The lowest BCUT2D eigenvalue weighted by molar-refractivity contribution is 0.567. The highest BCUT2D eigenvalue weighted by atomic mass is 14.8. The average molecular weight is 355 g/mol. The molecule has 0 saturated carbocycles. The van der Waals surface area contributed by atoms with Crippen LogP contribution in [0.3, 0.4) is 0 Å². The molecule has 2 nitrogen and oxygen atoms in total. The normalized spacial score (nSPS) is 11.1. The highest BCUT2D eigenvalue weighted by Gasteiger charge is 2.20. The minimum Gasteiger partial charge on any atom is -0.293 e. The molecule has 0 aliphatic heterocycles.